The van der Waals surface area contributed by atoms with Gasteiger partial charge in [-0.2, -0.15) is 5.10 Å². The minimum Gasteiger partial charge on any atom is -0.481 e. The summed E-state index contributed by atoms with van der Waals surface area (Å²) in [6.45, 7) is 0.0964. The fourth-order valence-corrected chi connectivity index (χ4v) is 2.81. The smallest absolute Gasteiger partial charge is 0.357 e. The summed E-state index contributed by atoms with van der Waals surface area (Å²) in [7, 11) is 2.47. The van der Waals surface area contributed by atoms with Crippen LogP contribution in [-0.4, -0.2) is 42.5 Å². The van der Waals surface area contributed by atoms with Gasteiger partial charge < -0.3 is 14.2 Å². The Morgan fingerprint density at radius 1 is 1.03 bits per heavy atom. The first-order valence-corrected chi connectivity index (χ1v) is 8.62. The molecule has 0 unspecified atom stereocenters. The summed E-state index contributed by atoms with van der Waals surface area (Å²) in [5.41, 5.74) is 1.36. The monoisotopic (exact) mass is 390 g/mol. The van der Waals surface area contributed by atoms with E-state index >= 15 is 0 Å². The molecule has 1 heterocycles. The number of terminal acetylenes is 1. The van der Waals surface area contributed by atoms with E-state index in [0.29, 0.717) is 17.0 Å². The molecule has 0 bridgehead atoms. The number of methoxy groups -OCH3 is 2. The Labute approximate surface area is 167 Å². The molecule has 0 aliphatic carbocycles. The third-order valence-corrected chi connectivity index (χ3v) is 4.08. The van der Waals surface area contributed by atoms with Crippen LogP contribution in [0.2, 0.25) is 0 Å². The number of esters is 2. The molecule has 0 fully saturated rings. The molecule has 3 aromatic rings. The van der Waals surface area contributed by atoms with Crippen LogP contribution in [0.25, 0.3) is 16.9 Å². The molecule has 7 heteroatoms. The summed E-state index contributed by atoms with van der Waals surface area (Å²) in [5.74, 6) is 1.47. The van der Waals surface area contributed by atoms with E-state index in [1.54, 1.807) is 48.5 Å². The van der Waals surface area contributed by atoms with Gasteiger partial charge in [-0.1, -0.05) is 36.3 Å². The minimum absolute atomic E-state index is 0.00250. The van der Waals surface area contributed by atoms with Crippen LogP contribution >= 0.6 is 0 Å². The van der Waals surface area contributed by atoms with Gasteiger partial charge in [0.25, 0.3) is 0 Å². The number of hydrogen-bond donors (Lipinski definition) is 0. The van der Waals surface area contributed by atoms with Crippen LogP contribution in [0.3, 0.4) is 0 Å². The molecule has 0 saturated carbocycles. The van der Waals surface area contributed by atoms with Gasteiger partial charge in [0.15, 0.2) is 5.69 Å². The normalized spacial score (nSPS) is 10.1. The predicted octanol–water partition coefficient (Wildman–Crippen LogP) is 3.12. The van der Waals surface area contributed by atoms with E-state index in [4.69, 9.17) is 20.6 Å². The summed E-state index contributed by atoms with van der Waals surface area (Å²) in [6, 6.07) is 15.8. The van der Waals surface area contributed by atoms with Crippen molar-refractivity contribution in [3.05, 3.63) is 65.9 Å². The zero-order chi connectivity index (χ0) is 20.8. The molecule has 0 aliphatic heterocycles. The maximum absolute atomic E-state index is 12.6. The molecular weight excluding hydrogens is 372 g/mol. The first kappa shape index (κ1) is 19.7. The van der Waals surface area contributed by atoms with E-state index in [9.17, 15) is 9.59 Å². The molecule has 0 saturated heterocycles. The molecule has 0 atom stereocenters. The quantitative estimate of drug-likeness (QED) is 0.475. The number of nitrogens with zero attached hydrogens (tertiary/aromatic N) is 2. The highest BCUT2D eigenvalue weighted by atomic mass is 16.5. The molecule has 2 aromatic carbocycles. The number of ether oxygens (including phenoxy) is 3. The highest BCUT2D eigenvalue weighted by Gasteiger charge is 2.31. The van der Waals surface area contributed by atoms with Gasteiger partial charge in [0, 0.05) is 5.56 Å². The standard InChI is InChI=1S/C22H18N2O5/c1-4-13-29-17-12-8-9-15(14-17)19-18(21(25)27-2)20(22(26)28-3)24(23-19)16-10-6-5-7-11-16/h1,5-12,14H,13H2,2-3H3. The second-order valence-corrected chi connectivity index (χ2v) is 5.82. The zero-order valence-electron chi connectivity index (χ0n) is 15.9. The van der Waals surface area contributed by atoms with Crippen LogP contribution in [0.4, 0.5) is 0 Å². The van der Waals surface area contributed by atoms with Crippen molar-refractivity contribution in [3.8, 4) is 35.0 Å². The molecule has 3 rings (SSSR count). The van der Waals surface area contributed by atoms with E-state index in [1.807, 2.05) is 6.07 Å². The van der Waals surface area contributed by atoms with Gasteiger partial charge >= 0.3 is 11.9 Å². The molecule has 29 heavy (non-hydrogen) atoms. The lowest BCUT2D eigenvalue weighted by Gasteiger charge is -2.07. The average Bonchev–Trinajstić information content (AvgIpc) is 3.18. The number of benzene rings is 2. The minimum atomic E-state index is -0.715. The fraction of sp³-hybridized carbons (Fsp3) is 0.136. The third kappa shape index (κ3) is 3.96. The Kier molecular flexibility index (Phi) is 5.95. The highest BCUT2D eigenvalue weighted by molar-refractivity contribution is 6.06. The van der Waals surface area contributed by atoms with Crippen molar-refractivity contribution in [2.24, 2.45) is 0 Å². The molecule has 0 spiro atoms. The van der Waals surface area contributed by atoms with Gasteiger partial charge in [0.1, 0.15) is 23.6 Å². The van der Waals surface area contributed by atoms with E-state index in [0.717, 1.165) is 0 Å². The summed E-state index contributed by atoms with van der Waals surface area (Å²) in [5, 5.41) is 4.53. The van der Waals surface area contributed by atoms with Gasteiger partial charge in [0.05, 0.1) is 19.9 Å². The molecular formula is C22H18N2O5. The molecule has 0 amide bonds. The summed E-state index contributed by atoms with van der Waals surface area (Å²) in [4.78, 5) is 25.2. The van der Waals surface area contributed by atoms with Crippen LogP contribution in [0.1, 0.15) is 20.8 Å². The van der Waals surface area contributed by atoms with Crippen molar-refractivity contribution < 1.29 is 23.8 Å². The van der Waals surface area contributed by atoms with E-state index in [2.05, 4.69) is 11.0 Å². The Balaban J connectivity index is 2.27. The van der Waals surface area contributed by atoms with E-state index in [-0.39, 0.29) is 23.6 Å². The molecule has 0 aliphatic rings. The maximum Gasteiger partial charge on any atom is 0.357 e. The summed E-state index contributed by atoms with van der Waals surface area (Å²) >= 11 is 0. The number of carbonyl (C=O) groups excluding carboxylic acids is 2. The molecule has 0 N–H and O–H groups in total. The van der Waals surface area contributed by atoms with Crippen LogP contribution in [0.15, 0.2) is 54.6 Å². The van der Waals surface area contributed by atoms with Crippen LogP contribution < -0.4 is 4.74 Å². The lowest BCUT2D eigenvalue weighted by Crippen LogP contribution is -2.15. The van der Waals surface area contributed by atoms with Gasteiger partial charge in [-0.15, -0.1) is 6.42 Å². The zero-order valence-corrected chi connectivity index (χ0v) is 15.9. The van der Waals surface area contributed by atoms with Gasteiger partial charge in [-0.05, 0) is 24.3 Å². The van der Waals surface area contributed by atoms with E-state index < -0.39 is 11.9 Å². The Hall–Kier alpha value is -4.05. The average molecular weight is 390 g/mol. The molecule has 0 radical (unpaired) electrons. The number of carbonyl (C=O) groups is 2. The molecule has 1 aromatic heterocycles. The Bertz CT molecular complexity index is 1080. The Morgan fingerprint density at radius 3 is 2.41 bits per heavy atom. The fourth-order valence-electron chi connectivity index (χ4n) is 2.81. The van der Waals surface area contributed by atoms with Gasteiger partial charge in [-0.25, -0.2) is 14.3 Å². The van der Waals surface area contributed by atoms with Crippen molar-refractivity contribution in [2.75, 3.05) is 20.8 Å². The van der Waals surface area contributed by atoms with Crippen molar-refractivity contribution in [1.29, 1.82) is 0 Å². The summed E-state index contributed by atoms with van der Waals surface area (Å²) < 4.78 is 16.6. The lowest BCUT2D eigenvalue weighted by atomic mass is 10.1. The van der Waals surface area contributed by atoms with Crippen molar-refractivity contribution in [2.45, 2.75) is 0 Å². The second kappa shape index (κ2) is 8.76. The van der Waals surface area contributed by atoms with Crippen LogP contribution in [0.5, 0.6) is 5.75 Å². The lowest BCUT2D eigenvalue weighted by molar-refractivity contribution is 0.0549. The second-order valence-electron chi connectivity index (χ2n) is 5.82. The third-order valence-electron chi connectivity index (χ3n) is 4.08. The van der Waals surface area contributed by atoms with Crippen molar-refractivity contribution in [3.63, 3.8) is 0 Å². The number of hydrogen-bond acceptors (Lipinski definition) is 6. The number of para-hydroxylation sites is 1. The first-order valence-electron chi connectivity index (χ1n) is 8.62. The van der Waals surface area contributed by atoms with Crippen molar-refractivity contribution in [1.82, 2.24) is 9.78 Å². The predicted molar refractivity (Wildman–Crippen MR) is 106 cm³/mol. The maximum atomic E-state index is 12.6. The number of aromatic nitrogens is 2. The SMILES string of the molecule is C#CCOc1cccc(-c2nn(-c3ccccc3)c(C(=O)OC)c2C(=O)OC)c1. The van der Waals surface area contributed by atoms with Gasteiger partial charge in [0.2, 0.25) is 0 Å². The van der Waals surface area contributed by atoms with Crippen LogP contribution in [-0.2, 0) is 9.47 Å². The first-order chi connectivity index (χ1) is 14.1. The highest BCUT2D eigenvalue weighted by Crippen LogP contribution is 2.31. The summed E-state index contributed by atoms with van der Waals surface area (Å²) in [6.07, 6.45) is 5.24. The van der Waals surface area contributed by atoms with E-state index in [1.165, 1.54) is 18.9 Å². The molecule has 7 nitrogen and oxygen atoms in total. The van der Waals surface area contributed by atoms with Gasteiger partial charge in [-0.3, -0.25) is 0 Å². The number of rotatable bonds is 6. The largest absolute Gasteiger partial charge is 0.481 e. The van der Waals surface area contributed by atoms with Crippen molar-refractivity contribution >= 4 is 11.9 Å². The Morgan fingerprint density at radius 2 is 1.76 bits per heavy atom. The topological polar surface area (TPSA) is 79.7 Å². The molecule has 146 valence electrons. The van der Waals surface area contributed by atoms with Crippen LogP contribution in [0, 0.1) is 12.3 Å².